The van der Waals surface area contributed by atoms with Crippen LogP contribution in [0, 0.1) is 10.1 Å². The summed E-state index contributed by atoms with van der Waals surface area (Å²) in [6.45, 7) is 3.88. The highest BCUT2D eigenvalue weighted by atomic mass is 16.6. The fraction of sp³-hybridized carbons (Fsp3) is 0.222. The molecule has 1 aliphatic rings. The van der Waals surface area contributed by atoms with E-state index in [4.69, 9.17) is 4.74 Å². The predicted octanol–water partition coefficient (Wildman–Crippen LogP) is 3.99. The van der Waals surface area contributed by atoms with Crippen LogP contribution in [0.1, 0.15) is 38.0 Å². The molecule has 1 aliphatic heterocycles. The Balaban J connectivity index is 1.56. The minimum Gasteiger partial charge on any atom is -0.462 e. The standard InChI is InChI=1S/C27H26N4O6/c1-2-37-27(34)21-11-12-24(23(18-21)28-25(32)20-9-6-10-22(17-20)31(35)36)29-13-15-30(16-14-29)26(33)19-7-4-3-5-8-19/h3-12,17-18H,2,13-16H2,1H3,(H,28,32). The zero-order valence-corrected chi connectivity index (χ0v) is 20.3. The van der Waals surface area contributed by atoms with Gasteiger partial charge in [-0.05, 0) is 43.3 Å². The number of non-ortho nitro benzene ring substituents is 1. The lowest BCUT2D eigenvalue weighted by molar-refractivity contribution is -0.384. The van der Waals surface area contributed by atoms with Crippen molar-refractivity contribution in [3.8, 4) is 0 Å². The summed E-state index contributed by atoms with van der Waals surface area (Å²) in [6, 6.07) is 19.4. The molecule has 1 heterocycles. The Morgan fingerprint density at radius 1 is 0.892 bits per heavy atom. The maximum atomic E-state index is 13.0. The highest BCUT2D eigenvalue weighted by Gasteiger charge is 2.25. The highest BCUT2D eigenvalue weighted by molar-refractivity contribution is 6.07. The first kappa shape index (κ1) is 25.4. The van der Waals surface area contributed by atoms with Gasteiger partial charge in [0.25, 0.3) is 17.5 Å². The van der Waals surface area contributed by atoms with Crippen molar-refractivity contribution in [3.05, 3.63) is 99.6 Å². The molecule has 10 heteroatoms. The average Bonchev–Trinajstić information content (AvgIpc) is 2.93. The van der Waals surface area contributed by atoms with Gasteiger partial charge in [0, 0.05) is 49.4 Å². The summed E-state index contributed by atoms with van der Waals surface area (Å²) in [5.41, 5.74) is 1.83. The lowest BCUT2D eigenvalue weighted by atomic mass is 10.1. The van der Waals surface area contributed by atoms with Gasteiger partial charge < -0.3 is 19.9 Å². The van der Waals surface area contributed by atoms with Crippen LogP contribution in [0.2, 0.25) is 0 Å². The van der Waals surface area contributed by atoms with Crippen molar-refractivity contribution in [2.75, 3.05) is 43.0 Å². The second kappa shape index (κ2) is 11.3. The molecule has 0 unspecified atom stereocenters. The fourth-order valence-corrected chi connectivity index (χ4v) is 4.12. The Hall–Kier alpha value is -4.73. The van der Waals surface area contributed by atoms with Crippen LogP contribution in [0.3, 0.4) is 0 Å². The number of nitro benzene ring substituents is 1. The number of carbonyl (C=O) groups is 3. The molecule has 0 bridgehead atoms. The third-order valence-electron chi connectivity index (χ3n) is 6.00. The van der Waals surface area contributed by atoms with Crippen LogP contribution in [0.25, 0.3) is 0 Å². The topological polar surface area (TPSA) is 122 Å². The summed E-state index contributed by atoms with van der Waals surface area (Å²) < 4.78 is 5.10. The molecule has 190 valence electrons. The van der Waals surface area contributed by atoms with Crippen LogP contribution in [-0.4, -0.2) is 60.4 Å². The number of carbonyl (C=O) groups excluding carboxylic acids is 3. The molecule has 3 aromatic carbocycles. The van der Waals surface area contributed by atoms with Gasteiger partial charge in [-0.15, -0.1) is 0 Å². The van der Waals surface area contributed by atoms with Crippen LogP contribution in [0.4, 0.5) is 17.1 Å². The number of anilines is 2. The molecule has 1 saturated heterocycles. The summed E-state index contributed by atoms with van der Waals surface area (Å²) in [6.07, 6.45) is 0. The Labute approximate surface area is 213 Å². The number of hydrogen-bond acceptors (Lipinski definition) is 7. The van der Waals surface area contributed by atoms with Crippen molar-refractivity contribution in [3.63, 3.8) is 0 Å². The summed E-state index contributed by atoms with van der Waals surface area (Å²) in [7, 11) is 0. The number of ether oxygens (including phenoxy) is 1. The van der Waals surface area contributed by atoms with E-state index >= 15 is 0 Å². The van der Waals surface area contributed by atoms with Crippen molar-refractivity contribution in [2.45, 2.75) is 6.92 Å². The third-order valence-corrected chi connectivity index (χ3v) is 6.00. The number of benzene rings is 3. The molecule has 3 aromatic rings. The van der Waals surface area contributed by atoms with Crippen molar-refractivity contribution < 1.29 is 24.0 Å². The summed E-state index contributed by atoms with van der Waals surface area (Å²) in [4.78, 5) is 52.5. The van der Waals surface area contributed by atoms with Gasteiger partial charge in [-0.2, -0.15) is 0 Å². The molecule has 0 radical (unpaired) electrons. The van der Waals surface area contributed by atoms with Crippen molar-refractivity contribution >= 4 is 34.8 Å². The minimum absolute atomic E-state index is 0.0443. The second-order valence-corrected chi connectivity index (χ2v) is 8.36. The van der Waals surface area contributed by atoms with Crippen LogP contribution < -0.4 is 10.2 Å². The first-order chi connectivity index (χ1) is 17.9. The van der Waals surface area contributed by atoms with Gasteiger partial charge in [-0.3, -0.25) is 19.7 Å². The molecular weight excluding hydrogens is 476 g/mol. The van der Waals surface area contributed by atoms with Gasteiger partial charge >= 0.3 is 5.97 Å². The largest absolute Gasteiger partial charge is 0.462 e. The number of amides is 2. The van der Waals surface area contributed by atoms with Crippen molar-refractivity contribution in [1.29, 1.82) is 0 Å². The molecule has 1 fully saturated rings. The number of esters is 1. The summed E-state index contributed by atoms with van der Waals surface area (Å²) in [5.74, 6) is -1.13. The van der Waals surface area contributed by atoms with Crippen LogP contribution in [0.5, 0.6) is 0 Å². The molecule has 2 amide bonds. The van der Waals surface area contributed by atoms with E-state index in [1.54, 1.807) is 36.1 Å². The quantitative estimate of drug-likeness (QED) is 0.294. The Morgan fingerprint density at radius 2 is 1.59 bits per heavy atom. The Bertz CT molecular complexity index is 1320. The average molecular weight is 503 g/mol. The lowest BCUT2D eigenvalue weighted by Crippen LogP contribution is -2.49. The summed E-state index contributed by atoms with van der Waals surface area (Å²) >= 11 is 0. The van der Waals surface area contributed by atoms with E-state index in [-0.39, 0.29) is 29.3 Å². The van der Waals surface area contributed by atoms with Crippen LogP contribution in [0.15, 0.2) is 72.8 Å². The highest BCUT2D eigenvalue weighted by Crippen LogP contribution is 2.30. The van der Waals surface area contributed by atoms with E-state index < -0.39 is 16.8 Å². The minimum atomic E-state index is -0.570. The SMILES string of the molecule is CCOC(=O)c1ccc(N2CCN(C(=O)c3ccccc3)CC2)c(NC(=O)c2cccc([N+](=O)[O-])c2)c1. The summed E-state index contributed by atoms with van der Waals surface area (Å²) in [5, 5.41) is 13.9. The Kier molecular flexibility index (Phi) is 7.77. The third kappa shape index (κ3) is 5.92. The maximum Gasteiger partial charge on any atom is 0.338 e. The predicted molar refractivity (Wildman–Crippen MR) is 138 cm³/mol. The zero-order valence-electron chi connectivity index (χ0n) is 20.3. The normalized spacial score (nSPS) is 13.1. The molecule has 4 rings (SSSR count). The van der Waals surface area contributed by atoms with Crippen molar-refractivity contribution in [2.24, 2.45) is 0 Å². The number of piperazine rings is 1. The molecule has 0 spiro atoms. The van der Waals surface area contributed by atoms with E-state index in [2.05, 4.69) is 5.32 Å². The number of rotatable bonds is 7. The first-order valence-corrected chi connectivity index (χ1v) is 11.8. The van der Waals surface area contributed by atoms with E-state index in [1.165, 1.54) is 30.3 Å². The van der Waals surface area contributed by atoms with Gasteiger partial charge in [-0.1, -0.05) is 24.3 Å². The molecule has 37 heavy (non-hydrogen) atoms. The van der Waals surface area contributed by atoms with Gasteiger partial charge in [0.15, 0.2) is 0 Å². The number of nitrogens with one attached hydrogen (secondary N) is 1. The Morgan fingerprint density at radius 3 is 2.27 bits per heavy atom. The molecule has 10 nitrogen and oxygen atoms in total. The molecule has 0 aromatic heterocycles. The molecule has 0 atom stereocenters. The van der Waals surface area contributed by atoms with E-state index in [1.807, 2.05) is 23.1 Å². The first-order valence-electron chi connectivity index (χ1n) is 11.8. The van der Waals surface area contributed by atoms with Gasteiger partial charge in [0.05, 0.1) is 28.5 Å². The van der Waals surface area contributed by atoms with Crippen molar-refractivity contribution in [1.82, 2.24) is 4.90 Å². The van der Waals surface area contributed by atoms with Gasteiger partial charge in [0.1, 0.15) is 0 Å². The van der Waals surface area contributed by atoms with E-state index in [0.29, 0.717) is 43.1 Å². The fourth-order valence-electron chi connectivity index (χ4n) is 4.12. The molecule has 0 saturated carbocycles. The van der Waals surface area contributed by atoms with Gasteiger partial charge in [-0.25, -0.2) is 4.79 Å². The zero-order chi connectivity index (χ0) is 26.4. The maximum absolute atomic E-state index is 13.0. The van der Waals surface area contributed by atoms with E-state index in [9.17, 15) is 24.5 Å². The van der Waals surface area contributed by atoms with E-state index in [0.717, 1.165) is 0 Å². The second-order valence-electron chi connectivity index (χ2n) is 8.36. The number of nitro groups is 1. The molecule has 1 N–H and O–H groups in total. The molecule has 0 aliphatic carbocycles. The lowest BCUT2D eigenvalue weighted by Gasteiger charge is -2.37. The van der Waals surface area contributed by atoms with Gasteiger partial charge in [0.2, 0.25) is 0 Å². The number of nitrogens with zero attached hydrogens (tertiary/aromatic N) is 3. The number of hydrogen-bond donors (Lipinski definition) is 1. The van der Waals surface area contributed by atoms with Crippen LogP contribution in [-0.2, 0) is 4.74 Å². The van der Waals surface area contributed by atoms with Crippen LogP contribution >= 0.6 is 0 Å². The molecular formula is C27H26N4O6. The monoisotopic (exact) mass is 502 g/mol. The smallest absolute Gasteiger partial charge is 0.338 e.